The molecule has 4 saturated heterocycles. The van der Waals surface area contributed by atoms with Crippen LogP contribution in [0, 0.1) is 12.8 Å². The van der Waals surface area contributed by atoms with Crippen LogP contribution in [0.5, 0.6) is 0 Å². The number of aryl methyl sites for hydroxylation is 1. The van der Waals surface area contributed by atoms with Crippen LogP contribution in [0.1, 0.15) is 31.2 Å². The van der Waals surface area contributed by atoms with Crippen molar-refractivity contribution in [1.82, 2.24) is 4.90 Å². The number of carbonyl (C=O) groups is 1. The van der Waals surface area contributed by atoms with Gasteiger partial charge < -0.3 is 5.11 Å². The summed E-state index contributed by atoms with van der Waals surface area (Å²) < 4.78 is 29.6. The topological polar surface area (TPSA) is 94.9 Å². The van der Waals surface area contributed by atoms with Gasteiger partial charge in [0.2, 0.25) is 0 Å². The largest absolute Gasteiger partial charge is 0.393 e. The molecule has 2 N–H and O–H groups in total. The first-order valence-corrected chi connectivity index (χ1v) is 9.68. The predicted molar refractivity (Wildman–Crippen MR) is 88.2 cm³/mol. The Morgan fingerprint density at radius 1 is 1.04 bits per heavy atom. The molecule has 1 aromatic carbocycles. The highest BCUT2D eigenvalue weighted by molar-refractivity contribution is 7.85. The van der Waals surface area contributed by atoms with Gasteiger partial charge in [0.05, 0.1) is 17.5 Å². The SMILES string of the molecule is Cc1ccc(S(=O)(=O)O)cc1.O=C1CN2C3CC(O)CC2CC1C3. The lowest BCUT2D eigenvalue weighted by atomic mass is 9.72. The molecule has 0 radical (unpaired) electrons. The quantitative estimate of drug-likeness (QED) is 0.742. The van der Waals surface area contributed by atoms with E-state index in [0.717, 1.165) is 31.2 Å². The molecule has 2 atom stereocenters. The Morgan fingerprint density at radius 2 is 1.58 bits per heavy atom. The van der Waals surface area contributed by atoms with Crippen molar-refractivity contribution >= 4 is 15.9 Å². The van der Waals surface area contributed by atoms with E-state index in [1.54, 1.807) is 12.1 Å². The molecule has 6 nitrogen and oxygen atoms in total. The molecular formula is C17H23NO5S. The zero-order chi connectivity index (χ0) is 17.5. The monoisotopic (exact) mass is 353 g/mol. The van der Waals surface area contributed by atoms with Crippen molar-refractivity contribution < 1.29 is 22.9 Å². The number of piperidine rings is 4. The van der Waals surface area contributed by atoms with E-state index < -0.39 is 10.1 Å². The number of carbonyl (C=O) groups excluding carboxylic acids is 1. The minimum absolute atomic E-state index is 0.0666. The number of rotatable bonds is 1. The van der Waals surface area contributed by atoms with Gasteiger partial charge in [0, 0.05) is 18.0 Å². The third kappa shape index (κ3) is 3.69. The summed E-state index contributed by atoms with van der Waals surface area (Å²) in [5.41, 5.74) is 0.956. The number of hydrogen-bond acceptors (Lipinski definition) is 5. The molecule has 7 heteroatoms. The van der Waals surface area contributed by atoms with Crippen molar-refractivity contribution in [3.05, 3.63) is 29.8 Å². The van der Waals surface area contributed by atoms with E-state index in [-0.39, 0.29) is 11.0 Å². The van der Waals surface area contributed by atoms with Crippen molar-refractivity contribution in [2.45, 2.75) is 55.7 Å². The van der Waals surface area contributed by atoms with Crippen LogP contribution < -0.4 is 0 Å². The zero-order valence-electron chi connectivity index (χ0n) is 13.6. The molecule has 0 aromatic heterocycles. The molecule has 4 aliphatic rings. The number of ketones is 1. The summed E-state index contributed by atoms with van der Waals surface area (Å²) in [7, 11) is -4.02. The molecule has 0 amide bonds. The second-order valence-corrected chi connectivity index (χ2v) is 8.45. The minimum Gasteiger partial charge on any atom is -0.393 e. The molecule has 24 heavy (non-hydrogen) atoms. The fourth-order valence-corrected chi connectivity index (χ4v) is 4.53. The Bertz CT molecular complexity index is 699. The van der Waals surface area contributed by atoms with Gasteiger partial charge in [-0.25, -0.2) is 0 Å². The number of Topliss-reactive ketones (excluding diaryl/α,β-unsaturated/α-hetero) is 1. The molecule has 4 heterocycles. The minimum atomic E-state index is -4.02. The maximum Gasteiger partial charge on any atom is 0.294 e. The number of aliphatic hydroxyl groups excluding tert-OH is 1. The highest BCUT2D eigenvalue weighted by Gasteiger charge is 2.48. The first-order valence-electron chi connectivity index (χ1n) is 8.24. The molecule has 4 aliphatic heterocycles. The van der Waals surface area contributed by atoms with Crippen LogP contribution in [0.4, 0.5) is 0 Å². The first-order chi connectivity index (χ1) is 11.2. The van der Waals surface area contributed by atoms with Crippen LogP contribution in [0.2, 0.25) is 0 Å². The van der Waals surface area contributed by atoms with Gasteiger partial charge in [-0.15, -0.1) is 0 Å². The molecule has 4 fully saturated rings. The number of hydrogen-bond donors (Lipinski definition) is 2. The summed E-state index contributed by atoms with van der Waals surface area (Å²) in [6, 6.07) is 7.00. The van der Waals surface area contributed by atoms with Gasteiger partial charge in [0.25, 0.3) is 10.1 Å². The summed E-state index contributed by atoms with van der Waals surface area (Å²) in [4.78, 5) is 13.7. The average Bonchev–Trinajstić information content (AvgIpc) is 2.47. The second kappa shape index (κ2) is 6.55. The smallest absolute Gasteiger partial charge is 0.294 e. The predicted octanol–water partition coefficient (Wildman–Crippen LogP) is 1.41. The Morgan fingerprint density at radius 3 is 2.04 bits per heavy atom. The van der Waals surface area contributed by atoms with Crippen molar-refractivity contribution in [3.8, 4) is 0 Å². The van der Waals surface area contributed by atoms with Gasteiger partial charge in [-0.2, -0.15) is 8.42 Å². The maximum atomic E-state index is 11.5. The maximum absolute atomic E-state index is 11.5. The Kier molecular flexibility index (Phi) is 4.79. The lowest BCUT2D eigenvalue weighted by Crippen LogP contribution is -2.62. The summed E-state index contributed by atoms with van der Waals surface area (Å²) in [5, 5.41) is 9.60. The molecule has 0 saturated carbocycles. The van der Waals surface area contributed by atoms with Gasteiger partial charge in [-0.05, 0) is 44.7 Å². The van der Waals surface area contributed by atoms with E-state index in [9.17, 15) is 18.3 Å². The third-order valence-corrected chi connectivity index (χ3v) is 6.12. The summed E-state index contributed by atoms with van der Waals surface area (Å²) in [6.07, 6.45) is 3.68. The van der Waals surface area contributed by atoms with Gasteiger partial charge >= 0.3 is 0 Å². The highest BCUT2D eigenvalue weighted by Crippen LogP contribution is 2.41. The number of fused-ring (bicyclic) bond motifs is 1. The van der Waals surface area contributed by atoms with Crippen molar-refractivity contribution in [2.24, 2.45) is 5.92 Å². The van der Waals surface area contributed by atoms with E-state index in [4.69, 9.17) is 4.55 Å². The molecule has 0 aliphatic carbocycles. The Balaban J connectivity index is 0.000000144. The summed E-state index contributed by atoms with van der Waals surface area (Å²) in [6.45, 7) is 2.50. The van der Waals surface area contributed by atoms with Crippen LogP contribution in [-0.4, -0.2) is 53.5 Å². The molecule has 1 aromatic rings. The van der Waals surface area contributed by atoms with E-state index in [0.29, 0.717) is 30.3 Å². The van der Waals surface area contributed by atoms with E-state index in [2.05, 4.69) is 4.90 Å². The van der Waals surface area contributed by atoms with Crippen molar-refractivity contribution in [1.29, 1.82) is 0 Å². The van der Waals surface area contributed by atoms with Gasteiger partial charge in [0.1, 0.15) is 5.78 Å². The van der Waals surface area contributed by atoms with Crippen LogP contribution >= 0.6 is 0 Å². The molecule has 132 valence electrons. The van der Waals surface area contributed by atoms with Gasteiger partial charge in [-0.1, -0.05) is 17.7 Å². The standard InChI is InChI=1S/C10H15NO2.C7H8O3S/c12-9-3-7-1-6-2-8(4-9)11(7)5-10(6)13;1-6-2-4-7(5-3-6)11(8,9)10/h6-9,12H,1-5H2;2-5H,1H3,(H,8,9,10). The average molecular weight is 353 g/mol. The normalized spacial score (nSPS) is 34.5. The third-order valence-electron chi connectivity index (χ3n) is 5.25. The fraction of sp³-hybridized carbons (Fsp3) is 0.588. The van der Waals surface area contributed by atoms with E-state index >= 15 is 0 Å². The van der Waals surface area contributed by atoms with Crippen molar-refractivity contribution in [2.75, 3.05) is 6.54 Å². The highest BCUT2D eigenvalue weighted by atomic mass is 32.2. The van der Waals surface area contributed by atoms with Crippen LogP contribution in [0.3, 0.4) is 0 Å². The number of nitrogens with zero attached hydrogens (tertiary/aromatic N) is 1. The van der Waals surface area contributed by atoms with E-state index in [1.807, 2.05) is 6.92 Å². The summed E-state index contributed by atoms with van der Waals surface area (Å²) >= 11 is 0. The second-order valence-electron chi connectivity index (χ2n) is 7.03. The van der Waals surface area contributed by atoms with E-state index in [1.165, 1.54) is 12.1 Å². The lowest BCUT2D eigenvalue weighted by molar-refractivity contribution is -0.144. The molecule has 2 unspecified atom stereocenters. The van der Waals surface area contributed by atoms with Crippen molar-refractivity contribution in [3.63, 3.8) is 0 Å². The van der Waals surface area contributed by atoms with Crippen LogP contribution in [0.15, 0.2) is 29.2 Å². The molecule has 0 spiro atoms. The lowest BCUT2D eigenvalue weighted by Gasteiger charge is -2.53. The van der Waals surface area contributed by atoms with Crippen LogP contribution in [0.25, 0.3) is 0 Å². The zero-order valence-corrected chi connectivity index (χ0v) is 14.4. The Labute approximate surface area is 142 Å². The van der Waals surface area contributed by atoms with Gasteiger partial charge in [-0.3, -0.25) is 14.2 Å². The fourth-order valence-electron chi connectivity index (χ4n) is 4.05. The number of aliphatic hydroxyl groups is 1. The summed E-state index contributed by atoms with van der Waals surface area (Å²) in [5.74, 6) is 0.761. The molecule has 4 bridgehead atoms. The molecule has 5 rings (SSSR count). The Hall–Kier alpha value is -1.28. The van der Waals surface area contributed by atoms with Crippen LogP contribution in [-0.2, 0) is 14.9 Å². The van der Waals surface area contributed by atoms with Gasteiger partial charge in [0.15, 0.2) is 0 Å². The molecular weight excluding hydrogens is 330 g/mol. The number of benzene rings is 1. The first kappa shape index (κ1) is 17.5.